The fourth-order valence-corrected chi connectivity index (χ4v) is 1.57. The summed E-state index contributed by atoms with van der Waals surface area (Å²) in [4.78, 5) is 10.5. The van der Waals surface area contributed by atoms with Crippen molar-refractivity contribution < 1.29 is 10.0 Å². The van der Waals surface area contributed by atoms with E-state index in [9.17, 15) is 15.2 Å². The minimum Gasteiger partial charge on any atom is -0.391 e. The fraction of sp³-hybridized carbons (Fsp3) is 0.538. The second-order valence-corrected chi connectivity index (χ2v) is 5.08. The van der Waals surface area contributed by atoms with E-state index in [0.29, 0.717) is 17.9 Å². The Hall–Kier alpha value is -1.82. The van der Waals surface area contributed by atoms with Crippen molar-refractivity contribution in [2.75, 3.05) is 17.2 Å². The first-order valence-electron chi connectivity index (χ1n) is 6.26. The smallest absolute Gasteiger partial charge is 0.273 e. The molecule has 0 saturated heterocycles. The molecule has 6 nitrogen and oxygen atoms in total. The van der Waals surface area contributed by atoms with Gasteiger partial charge in [-0.05, 0) is 33.8 Å². The maximum Gasteiger partial charge on any atom is 0.273 e. The molecule has 0 aromatic heterocycles. The normalized spacial score (nSPS) is 12.9. The van der Waals surface area contributed by atoms with Crippen molar-refractivity contribution in [3.05, 3.63) is 28.3 Å². The Morgan fingerprint density at radius 1 is 1.37 bits per heavy atom. The van der Waals surface area contributed by atoms with Crippen molar-refractivity contribution >= 4 is 17.1 Å². The zero-order valence-electron chi connectivity index (χ0n) is 11.7. The van der Waals surface area contributed by atoms with Crippen LogP contribution in [0.3, 0.4) is 0 Å². The molecule has 6 heteroatoms. The molecule has 0 spiro atoms. The van der Waals surface area contributed by atoms with E-state index in [1.54, 1.807) is 13.0 Å². The molecule has 0 heterocycles. The lowest BCUT2D eigenvalue weighted by Gasteiger charge is -2.30. The third-order valence-corrected chi connectivity index (χ3v) is 3.02. The molecule has 0 bridgehead atoms. The van der Waals surface area contributed by atoms with Crippen LogP contribution in [0, 0.1) is 10.1 Å². The van der Waals surface area contributed by atoms with Crippen LogP contribution in [0.25, 0.3) is 0 Å². The number of hydrogen-bond acceptors (Lipinski definition) is 5. The SMILES string of the molecule is CCNc1cc(NC(C)(C)C(C)O)cc([N+](=O)[O-])c1. The molecule has 0 aliphatic heterocycles. The van der Waals surface area contributed by atoms with Crippen molar-refractivity contribution in [3.63, 3.8) is 0 Å². The molecular weight excluding hydrogens is 246 g/mol. The molecule has 106 valence electrons. The molecule has 0 fully saturated rings. The molecule has 0 amide bonds. The Morgan fingerprint density at radius 3 is 2.42 bits per heavy atom. The number of non-ortho nitro benzene ring substituents is 1. The summed E-state index contributed by atoms with van der Waals surface area (Å²) in [5.41, 5.74) is 0.734. The fourth-order valence-electron chi connectivity index (χ4n) is 1.57. The third-order valence-electron chi connectivity index (χ3n) is 3.02. The van der Waals surface area contributed by atoms with Gasteiger partial charge in [-0.15, -0.1) is 0 Å². The molecule has 19 heavy (non-hydrogen) atoms. The molecule has 1 unspecified atom stereocenters. The maximum atomic E-state index is 10.9. The van der Waals surface area contributed by atoms with Crippen molar-refractivity contribution in [2.24, 2.45) is 0 Å². The van der Waals surface area contributed by atoms with Gasteiger partial charge < -0.3 is 15.7 Å². The van der Waals surface area contributed by atoms with E-state index in [0.717, 1.165) is 0 Å². The van der Waals surface area contributed by atoms with Crippen LogP contribution in [-0.2, 0) is 0 Å². The lowest BCUT2D eigenvalue weighted by atomic mass is 9.98. The van der Waals surface area contributed by atoms with Crippen molar-refractivity contribution in [1.29, 1.82) is 0 Å². The molecule has 1 aromatic rings. The zero-order chi connectivity index (χ0) is 14.6. The summed E-state index contributed by atoms with van der Waals surface area (Å²) < 4.78 is 0. The number of nitrogens with one attached hydrogen (secondary N) is 2. The summed E-state index contributed by atoms with van der Waals surface area (Å²) in [6.45, 7) is 7.95. The maximum absolute atomic E-state index is 10.9. The zero-order valence-corrected chi connectivity index (χ0v) is 11.7. The van der Waals surface area contributed by atoms with Crippen molar-refractivity contribution in [1.82, 2.24) is 0 Å². The van der Waals surface area contributed by atoms with Crippen LogP contribution in [0.1, 0.15) is 27.7 Å². The highest BCUT2D eigenvalue weighted by Crippen LogP contribution is 2.27. The van der Waals surface area contributed by atoms with Crippen LogP contribution in [0.15, 0.2) is 18.2 Å². The Labute approximate surface area is 113 Å². The van der Waals surface area contributed by atoms with Crippen LogP contribution in [0.5, 0.6) is 0 Å². The minimum absolute atomic E-state index is 0.0161. The molecule has 1 atom stereocenters. The average molecular weight is 267 g/mol. The van der Waals surface area contributed by atoms with E-state index in [2.05, 4.69) is 10.6 Å². The predicted molar refractivity (Wildman–Crippen MR) is 76.6 cm³/mol. The number of nitrogens with zero attached hydrogens (tertiary/aromatic N) is 1. The van der Waals surface area contributed by atoms with Gasteiger partial charge in [0.1, 0.15) is 0 Å². The summed E-state index contributed by atoms with van der Waals surface area (Å²) in [6.07, 6.45) is -0.589. The van der Waals surface area contributed by atoms with E-state index in [1.807, 2.05) is 20.8 Å². The predicted octanol–water partition coefficient (Wildman–Crippen LogP) is 2.60. The van der Waals surface area contributed by atoms with Crippen LogP contribution in [0.2, 0.25) is 0 Å². The van der Waals surface area contributed by atoms with E-state index < -0.39 is 16.6 Å². The van der Waals surface area contributed by atoms with Crippen LogP contribution in [-0.4, -0.2) is 28.2 Å². The Balaban J connectivity index is 3.09. The van der Waals surface area contributed by atoms with E-state index in [1.165, 1.54) is 12.1 Å². The standard InChI is InChI=1S/C13H21N3O3/c1-5-14-10-6-11(8-12(7-10)16(18)19)15-13(3,4)9(2)17/h6-9,14-15,17H,5H2,1-4H3. The Bertz CT molecular complexity index is 458. The number of nitro benzene ring substituents is 1. The molecule has 0 radical (unpaired) electrons. The number of aliphatic hydroxyl groups is 1. The average Bonchev–Trinajstić information content (AvgIpc) is 2.28. The lowest BCUT2D eigenvalue weighted by Crippen LogP contribution is -2.41. The highest BCUT2D eigenvalue weighted by atomic mass is 16.6. The second-order valence-electron chi connectivity index (χ2n) is 5.08. The number of aliphatic hydroxyl groups excluding tert-OH is 1. The number of anilines is 2. The molecular formula is C13H21N3O3. The molecule has 1 aromatic carbocycles. The summed E-state index contributed by atoms with van der Waals surface area (Å²) in [5, 5.41) is 26.8. The van der Waals surface area contributed by atoms with Gasteiger partial charge in [-0.25, -0.2) is 0 Å². The largest absolute Gasteiger partial charge is 0.391 e. The van der Waals surface area contributed by atoms with Gasteiger partial charge in [-0.2, -0.15) is 0 Å². The van der Waals surface area contributed by atoms with Crippen LogP contribution in [0.4, 0.5) is 17.1 Å². The quantitative estimate of drug-likeness (QED) is 0.544. The van der Waals surface area contributed by atoms with E-state index in [4.69, 9.17) is 0 Å². The highest BCUT2D eigenvalue weighted by Gasteiger charge is 2.24. The molecule has 3 N–H and O–H groups in total. The van der Waals surface area contributed by atoms with E-state index >= 15 is 0 Å². The summed E-state index contributed by atoms with van der Waals surface area (Å²) in [6, 6.07) is 4.75. The first-order chi connectivity index (χ1) is 8.76. The first kappa shape index (κ1) is 15.2. The lowest BCUT2D eigenvalue weighted by molar-refractivity contribution is -0.384. The van der Waals surface area contributed by atoms with Gasteiger partial charge in [0.2, 0.25) is 0 Å². The topological polar surface area (TPSA) is 87.4 Å². The Morgan fingerprint density at radius 2 is 1.95 bits per heavy atom. The monoisotopic (exact) mass is 267 g/mol. The number of hydrogen-bond donors (Lipinski definition) is 3. The third kappa shape index (κ3) is 4.10. The van der Waals surface area contributed by atoms with Gasteiger partial charge in [0.15, 0.2) is 0 Å². The summed E-state index contributed by atoms with van der Waals surface area (Å²) in [7, 11) is 0. The second kappa shape index (κ2) is 5.88. The van der Waals surface area contributed by atoms with Gasteiger partial charge in [0.05, 0.1) is 16.6 Å². The number of nitro groups is 1. The summed E-state index contributed by atoms with van der Waals surface area (Å²) in [5.74, 6) is 0. The van der Waals surface area contributed by atoms with Gasteiger partial charge in [-0.1, -0.05) is 0 Å². The van der Waals surface area contributed by atoms with Gasteiger partial charge >= 0.3 is 0 Å². The first-order valence-corrected chi connectivity index (χ1v) is 6.26. The highest BCUT2D eigenvalue weighted by molar-refractivity contribution is 5.64. The van der Waals surface area contributed by atoms with Crippen LogP contribution < -0.4 is 10.6 Å². The summed E-state index contributed by atoms with van der Waals surface area (Å²) >= 11 is 0. The number of benzene rings is 1. The molecule has 0 aliphatic carbocycles. The van der Waals surface area contributed by atoms with Gasteiger partial charge in [-0.3, -0.25) is 10.1 Å². The molecule has 0 saturated carbocycles. The van der Waals surface area contributed by atoms with Gasteiger partial charge in [0.25, 0.3) is 5.69 Å². The molecule has 1 rings (SSSR count). The Kier molecular flexibility index (Phi) is 4.72. The van der Waals surface area contributed by atoms with Crippen LogP contribution >= 0.6 is 0 Å². The van der Waals surface area contributed by atoms with Crippen molar-refractivity contribution in [2.45, 2.75) is 39.3 Å². The van der Waals surface area contributed by atoms with Gasteiger partial charge in [0, 0.05) is 30.1 Å². The number of rotatable bonds is 6. The molecule has 0 aliphatic rings. The van der Waals surface area contributed by atoms with Crippen molar-refractivity contribution in [3.8, 4) is 0 Å². The minimum atomic E-state index is -0.589. The van der Waals surface area contributed by atoms with E-state index in [-0.39, 0.29) is 5.69 Å².